The van der Waals surface area contributed by atoms with E-state index in [-0.39, 0.29) is 22.5 Å². The minimum absolute atomic E-state index is 0. The van der Waals surface area contributed by atoms with Gasteiger partial charge in [0, 0.05) is 5.69 Å². The van der Waals surface area contributed by atoms with E-state index in [1.54, 1.807) is 18.2 Å². The summed E-state index contributed by atoms with van der Waals surface area (Å²) in [6, 6.07) is 14.9. The zero-order valence-corrected chi connectivity index (χ0v) is 13.7. The number of ether oxygens (including phenoxy) is 1. The standard InChI is InChI=1S/C15H15N3O2S.Co/c1-20-13-9-5-6-11(14(13)19)10-16-18-15(21)17-12-7-3-2-4-8-12;/h2-10,19H,1H3,(H2,17,18,21);/q;+2/p+1. The van der Waals surface area contributed by atoms with Crippen molar-refractivity contribution in [3.8, 4) is 11.5 Å². The second-order valence-corrected chi connectivity index (χ2v) is 4.52. The Morgan fingerprint density at radius 2 is 1.91 bits per heavy atom. The smallest absolute Gasteiger partial charge is 0.590 e. The first-order chi connectivity index (χ1) is 10.2. The average molecular weight is 361 g/mol. The first-order valence-electron chi connectivity index (χ1n) is 6.24. The minimum atomic E-state index is 0. The summed E-state index contributed by atoms with van der Waals surface area (Å²) in [6.07, 6.45) is 1.53. The molecule has 0 unspecified atom stereocenters. The number of nitrogens with one attached hydrogen (secondary N) is 2. The predicted octanol–water partition coefficient (Wildman–Crippen LogP) is 2.45. The van der Waals surface area contributed by atoms with Crippen molar-refractivity contribution in [3.63, 3.8) is 0 Å². The third-order valence-electron chi connectivity index (χ3n) is 2.68. The summed E-state index contributed by atoms with van der Waals surface area (Å²) >= 11 is 5.13. The van der Waals surface area contributed by atoms with Gasteiger partial charge in [-0.2, -0.15) is 5.10 Å². The summed E-state index contributed by atoms with van der Waals surface area (Å²) in [7, 11) is 1.53. The third kappa shape index (κ3) is 5.03. The van der Waals surface area contributed by atoms with E-state index >= 15 is 0 Å². The van der Waals surface area contributed by atoms with Gasteiger partial charge in [0.2, 0.25) is 5.75 Å². The Morgan fingerprint density at radius 3 is 2.59 bits per heavy atom. The van der Waals surface area contributed by atoms with Gasteiger partial charge in [0.15, 0.2) is 5.11 Å². The molecule has 7 heteroatoms. The molecule has 2 aromatic carbocycles. The molecule has 2 rings (SSSR count). The van der Waals surface area contributed by atoms with E-state index in [2.05, 4.69) is 15.8 Å². The van der Waals surface area contributed by atoms with Crippen LogP contribution in [0.3, 0.4) is 0 Å². The zero-order chi connectivity index (χ0) is 15.1. The topological polar surface area (TPSA) is 68.5 Å². The van der Waals surface area contributed by atoms with E-state index in [0.29, 0.717) is 16.4 Å². The first-order valence-corrected chi connectivity index (χ1v) is 6.65. The number of anilines is 1. The van der Waals surface area contributed by atoms with Crippen LogP contribution in [0.15, 0.2) is 53.6 Å². The van der Waals surface area contributed by atoms with Crippen LogP contribution in [-0.2, 0) is 16.8 Å². The monoisotopic (exact) mass is 361 g/mol. The Kier molecular flexibility index (Phi) is 7.37. The van der Waals surface area contributed by atoms with Gasteiger partial charge in [0.1, 0.15) is 0 Å². The maximum Gasteiger partial charge on any atom is 2.00 e. The van der Waals surface area contributed by atoms with E-state index in [1.807, 2.05) is 30.3 Å². The molecule has 0 bridgehead atoms. The molecule has 0 aliphatic heterocycles. The average Bonchev–Trinajstić information content (AvgIpc) is 2.50. The molecular formula is C15H16CoN3O2S+3. The van der Waals surface area contributed by atoms with Gasteiger partial charge in [-0.05, 0) is 36.5 Å². The summed E-state index contributed by atoms with van der Waals surface area (Å²) in [5, 5.41) is 15.3. The van der Waals surface area contributed by atoms with Crippen molar-refractivity contribution in [3.05, 3.63) is 54.1 Å². The van der Waals surface area contributed by atoms with Crippen LogP contribution in [0.1, 0.15) is 5.56 Å². The number of rotatable bonds is 4. The number of nitrogens with zero attached hydrogens (tertiary/aromatic N) is 1. The molecule has 2 aromatic rings. The number of hydrazone groups is 1. The molecule has 0 heterocycles. The van der Waals surface area contributed by atoms with Gasteiger partial charge in [0.05, 0.1) is 18.9 Å². The van der Waals surface area contributed by atoms with E-state index in [1.165, 1.54) is 13.3 Å². The molecule has 0 amide bonds. The Morgan fingerprint density at radius 1 is 1.18 bits per heavy atom. The van der Waals surface area contributed by atoms with Gasteiger partial charge in [-0.1, -0.05) is 24.3 Å². The van der Waals surface area contributed by atoms with Crippen molar-refractivity contribution in [2.75, 3.05) is 12.4 Å². The summed E-state index contributed by atoms with van der Waals surface area (Å²) in [4.78, 5) is 0. The molecule has 0 atom stereocenters. The van der Waals surface area contributed by atoms with Crippen LogP contribution in [0, 0.1) is 0 Å². The van der Waals surface area contributed by atoms with Crippen LogP contribution < -0.4 is 15.5 Å². The van der Waals surface area contributed by atoms with Crippen LogP contribution in [0.4, 0.5) is 5.69 Å². The normalized spacial score (nSPS) is 9.86. The number of hydrogen-bond acceptors (Lipinski definition) is 3. The number of thiocarbonyl (C=S) groups is 1. The number of methoxy groups -OCH3 is 1. The molecule has 0 saturated heterocycles. The van der Waals surface area contributed by atoms with Crippen LogP contribution in [0.2, 0.25) is 0 Å². The first kappa shape index (κ1) is 18.0. The van der Waals surface area contributed by atoms with E-state index in [9.17, 15) is 0 Å². The van der Waals surface area contributed by atoms with Crippen molar-refractivity contribution < 1.29 is 26.6 Å². The molecule has 5 nitrogen and oxygen atoms in total. The van der Waals surface area contributed by atoms with Gasteiger partial charge < -0.3 is 15.2 Å². The molecule has 0 aromatic heterocycles. The quantitative estimate of drug-likeness (QED) is 0.380. The molecule has 0 aliphatic rings. The Labute approximate surface area is 144 Å². The molecular weight excluding hydrogens is 345 g/mol. The second-order valence-electron chi connectivity index (χ2n) is 4.11. The molecule has 4 N–H and O–H groups in total. The second kappa shape index (κ2) is 9.03. The molecule has 0 fully saturated rings. The van der Waals surface area contributed by atoms with Gasteiger partial charge in [-0.15, -0.1) is 0 Å². The van der Waals surface area contributed by atoms with E-state index in [4.69, 9.17) is 22.1 Å². The van der Waals surface area contributed by atoms with Gasteiger partial charge in [0.25, 0.3) is 0 Å². The fourth-order valence-corrected chi connectivity index (χ4v) is 1.84. The Bertz CT molecular complexity index is 650. The predicted molar refractivity (Wildman–Crippen MR) is 89.4 cm³/mol. The van der Waals surface area contributed by atoms with Crippen LogP contribution in [-0.4, -0.2) is 23.5 Å². The summed E-state index contributed by atoms with van der Waals surface area (Å²) in [5.74, 6) is 0.788. The van der Waals surface area contributed by atoms with Crippen molar-refractivity contribution in [2.45, 2.75) is 0 Å². The van der Waals surface area contributed by atoms with Crippen molar-refractivity contribution in [1.82, 2.24) is 5.43 Å². The third-order valence-corrected chi connectivity index (χ3v) is 2.87. The van der Waals surface area contributed by atoms with Crippen molar-refractivity contribution in [2.24, 2.45) is 5.10 Å². The molecule has 0 aliphatic carbocycles. The Hall–Kier alpha value is -2.09. The summed E-state index contributed by atoms with van der Waals surface area (Å²) in [6.45, 7) is 0. The number of para-hydroxylation sites is 2. The Balaban J connectivity index is 0.00000242. The molecule has 0 spiro atoms. The summed E-state index contributed by atoms with van der Waals surface area (Å²) < 4.78 is 5.08. The van der Waals surface area contributed by atoms with Gasteiger partial charge in [-0.3, -0.25) is 5.43 Å². The fourth-order valence-electron chi connectivity index (χ4n) is 1.67. The fraction of sp³-hybridized carbons (Fsp3) is 0.0667. The number of hydrogen-bond donors (Lipinski definition) is 2. The molecule has 1 radical (unpaired) electrons. The van der Waals surface area contributed by atoms with E-state index in [0.717, 1.165) is 5.69 Å². The van der Waals surface area contributed by atoms with Crippen LogP contribution >= 0.6 is 12.2 Å². The van der Waals surface area contributed by atoms with Gasteiger partial charge >= 0.3 is 22.5 Å². The summed E-state index contributed by atoms with van der Waals surface area (Å²) in [5.41, 5.74) is 4.24. The number of benzene rings is 2. The minimum Gasteiger partial charge on any atom is -0.590 e. The van der Waals surface area contributed by atoms with Crippen LogP contribution in [0.25, 0.3) is 0 Å². The molecule has 0 saturated carbocycles. The maximum atomic E-state index is 7.92. The van der Waals surface area contributed by atoms with Crippen LogP contribution in [0.5, 0.6) is 11.5 Å². The van der Waals surface area contributed by atoms with E-state index < -0.39 is 0 Å². The maximum absolute atomic E-state index is 7.92. The molecule has 22 heavy (non-hydrogen) atoms. The SMILES string of the molecule is COc1cccc(C=NNC(=S)Nc2ccccc2)c1[OH2+].[Co+2]. The van der Waals surface area contributed by atoms with Crippen molar-refractivity contribution in [1.29, 1.82) is 0 Å². The largest absolute Gasteiger partial charge is 2.00 e. The molecule has 115 valence electrons. The zero-order valence-electron chi connectivity index (χ0n) is 11.8. The van der Waals surface area contributed by atoms with Crippen molar-refractivity contribution >= 4 is 29.2 Å². The van der Waals surface area contributed by atoms with Gasteiger partial charge in [-0.25, -0.2) is 0 Å².